The largest absolute Gasteiger partial charge is 0.442 e. The molecule has 0 unspecified atom stereocenters. The van der Waals surface area contributed by atoms with Gasteiger partial charge in [-0.1, -0.05) is 7.77 Å². The van der Waals surface area contributed by atoms with Gasteiger partial charge in [-0.3, -0.25) is 0 Å². The van der Waals surface area contributed by atoms with Crippen LogP contribution in [0.4, 0.5) is 95.6 Å². The van der Waals surface area contributed by atoms with E-state index in [-0.39, 0.29) is 0 Å². The molecule has 0 saturated carbocycles. The summed E-state index contributed by atoms with van der Waals surface area (Å²) in [5.41, 5.74) is 0. The highest BCUT2D eigenvalue weighted by Crippen LogP contribution is 2.66. The van der Waals surface area contributed by atoms with Gasteiger partial charge in [0.1, 0.15) is 0 Å². The summed E-state index contributed by atoms with van der Waals surface area (Å²) in [6.07, 6.45) is 0. The second-order valence-corrected chi connectivity index (χ2v) is 9.28. The Kier molecular flexibility index (Phi) is 8.07. The van der Waals surface area contributed by atoms with E-state index in [1.807, 2.05) is 0 Å². The molecular formula is C10F22O4S2. The molecule has 28 heteroatoms. The monoisotopic (exact) mass is 666 g/mol. The summed E-state index contributed by atoms with van der Waals surface area (Å²) in [6, 6.07) is 0. The minimum atomic E-state index is -9.56. The lowest BCUT2D eigenvalue weighted by Crippen LogP contribution is -2.77. The molecule has 0 aromatic heterocycles. The maximum Gasteiger partial charge on any atom is 0.442 e. The third-order valence-electron chi connectivity index (χ3n) is 4.10. The molecule has 0 fully saturated rings. The first kappa shape index (κ1) is 36.4. The van der Waals surface area contributed by atoms with Crippen molar-refractivity contribution >= 4 is 20.4 Å². The molecule has 0 aromatic rings. The average Bonchev–Trinajstić information content (AvgIpc) is 2.64. The van der Waals surface area contributed by atoms with Gasteiger partial charge in [0.15, 0.2) is 0 Å². The zero-order valence-electron chi connectivity index (χ0n) is 15.8. The minimum Gasteiger partial charge on any atom is -0.192 e. The molecule has 0 spiro atoms. The minimum absolute atomic E-state index is 8.35. The lowest BCUT2D eigenvalue weighted by molar-refractivity contribution is -0.463. The molecule has 0 rings (SSSR count). The van der Waals surface area contributed by atoms with E-state index in [1.54, 1.807) is 0 Å². The molecule has 0 radical (unpaired) electrons. The van der Waals surface area contributed by atoms with Gasteiger partial charge in [0.25, 0.3) is 0 Å². The van der Waals surface area contributed by atoms with Crippen molar-refractivity contribution in [1.29, 1.82) is 0 Å². The molecule has 38 heavy (non-hydrogen) atoms. The van der Waals surface area contributed by atoms with E-state index in [4.69, 9.17) is 0 Å². The van der Waals surface area contributed by atoms with Crippen LogP contribution < -0.4 is 0 Å². The van der Waals surface area contributed by atoms with Crippen LogP contribution in [0.15, 0.2) is 0 Å². The summed E-state index contributed by atoms with van der Waals surface area (Å²) in [6.45, 7) is 0. The van der Waals surface area contributed by atoms with Gasteiger partial charge in [0, 0.05) is 0 Å². The van der Waals surface area contributed by atoms with Crippen molar-refractivity contribution in [2.24, 2.45) is 0 Å². The fourth-order valence-electron chi connectivity index (χ4n) is 1.85. The van der Waals surface area contributed by atoms with Crippen LogP contribution >= 0.6 is 0 Å². The number of alkyl halides is 20. The van der Waals surface area contributed by atoms with Gasteiger partial charge >= 0.3 is 78.3 Å². The van der Waals surface area contributed by atoms with Crippen LogP contribution in [-0.2, 0) is 20.4 Å². The van der Waals surface area contributed by atoms with Crippen LogP contribution in [0.3, 0.4) is 0 Å². The van der Waals surface area contributed by atoms with E-state index >= 15 is 0 Å². The Morgan fingerprint density at radius 2 is 0.368 bits per heavy atom. The predicted molar refractivity (Wildman–Crippen MR) is 69.5 cm³/mol. The van der Waals surface area contributed by atoms with Crippen molar-refractivity contribution in [2.75, 3.05) is 0 Å². The molecular weight excluding hydrogens is 666 g/mol. The Labute approximate surface area is 192 Å². The first-order valence-corrected chi connectivity index (χ1v) is 10.2. The van der Waals surface area contributed by atoms with E-state index < -0.39 is 78.3 Å². The van der Waals surface area contributed by atoms with Gasteiger partial charge in [-0.05, 0) is 0 Å². The molecule has 0 amide bonds. The van der Waals surface area contributed by atoms with Crippen LogP contribution in [0.1, 0.15) is 0 Å². The van der Waals surface area contributed by atoms with Crippen molar-refractivity contribution < 1.29 is 112 Å². The van der Waals surface area contributed by atoms with Crippen molar-refractivity contribution in [1.82, 2.24) is 0 Å². The molecule has 0 N–H and O–H groups in total. The average molecular weight is 666 g/mol. The maximum atomic E-state index is 13.4. The Hall–Kier alpha value is -1.64. The first-order chi connectivity index (χ1) is 15.8. The lowest BCUT2D eigenvalue weighted by Gasteiger charge is -2.44. The smallest absolute Gasteiger partial charge is 0.192 e. The maximum absolute atomic E-state index is 13.4. The van der Waals surface area contributed by atoms with Crippen molar-refractivity contribution in [2.45, 2.75) is 57.9 Å². The Balaban J connectivity index is 7.39. The third-order valence-corrected chi connectivity index (χ3v) is 5.84. The Bertz CT molecular complexity index is 1040. The van der Waals surface area contributed by atoms with Crippen LogP contribution in [-0.4, -0.2) is 74.7 Å². The highest BCUT2D eigenvalue weighted by atomic mass is 32.3. The Morgan fingerprint density at radius 3 is 0.474 bits per heavy atom. The standard InChI is InChI=1S/C10F22O4S2/c11-1(12,3(15,16)5(19,20)7(23,24)9(27,28)37(31,33)34)2(13,14)4(17,18)6(21,22)8(25,26)10(29,30)38(32,35)36. The number of hydrogen-bond acceptors (Lipinski definition) is 4. The van der Waals surface area contributed by atoms with Crippen LogP contribution in [0.2, 0.25) is 0 Å². The summed E-state index contributed by atoms with van der Waals surface area (Å²) < 4.78 is 327. The molecule has 0 aliphatic carbocycles. The highest BCUT2D eigenvalue weighted by molar-refractivity contribution is 7.87. The zero-order valence-corrected chi connectivity index (χ0v) is 17.4. The summed E-state index contributed by atoms with van der Waals surface area (Å²) in [5.74, 6) is -74.4. The lowest BCUT2D eigenvalue weighted by atomic mass is 9.87. The number of hydrogen-bond donors (Lipinski definition) is 0. The second kappa shape index (κ2) is 8.43. The third kappa shape index (κ3) is 4.03. The van der Waals surface area contributed by atoms with E-state index in [9.17, 15) is 112 Å². The summed E-state index contributed by atoms with van der Waals surface area (Å²) in [7, 11) is -17.3. The zero-order chi connectivity index (χ0) is 32.0. The van der Waals surface area contributed by atoms with E-state index in [0.29, 0.717) is 0 Å². The van der Waals surface area contributed by atoms with Gasteiger partial charge in [0.05, 0.1) is 0 Å². The second-order valence-electron chi connectivity index (χ2n) is 6.50. The summed E-state index contributed by atoms with van der Waals surface area (Å²) in [5, 5.41) is -16.7. The van der Waals surface area contributed by atoms with E-state index in [1.165, 1.54) is 0 Å². The van der Waals surface area contributed by atoms with Gasteiger partial charge in [-0.2, -0.15) is 105 Å². The highest BCUT2D eigenvalue weighted by Gasteiger charge is 2.99. The normalized spacial score (nSPS) is 17.1. The van der Waals surface area contributed by atoms with Crippen LogP contribution in [0.25, 0.3) is 0 Å². The molecule has 0 saturated heterocycles. The van der Waals surface area contributed by atoms with Crippen LogP contribution in [0.5, 0.6) is 0 Å². The fraction of sp³-hybridized carbons (Fsp3) is 1.00. The molecule has 4 nitrogen and oxygen atoms in total. The molecule has 0 bridgehead atoms. The SMILES string of the molecule is O=S(=O)(F)C(F)(F)C(F)(F)C(F)(F)C(F)(F)C(F)(F)C(F)(F)C(F)(F)C(F)(F)C(F)(F)C(F)(F)S(=O)(=O)F. The van der Waals surface area contributed by atoms with Gasteiger partial charge < -0.3 is 0 Å². The molecule has 0 atom stereocenters. The molecule has 0 heterocycles. The first-order valence-electron chi connectivity index (χ1n) is 7.41. The molecule has 230 valence electrons. The van der Waals surface area contributed by atoms with Crippen LogP contribution in [0, 0.1) is 0 Å². The Morgan fingerprint density at radius 1 is 0.263 bits per heavy atom. The van der Waals surface area contributed by atoms with E-state index in [0.717, 1.165) is 0 Å². The van der Waals surface area contributed by atoms with Crippen molar-refractivity contribution in [3.63, 3.8) is 0 Å². The number of halogens is 22. The van der Waals surface area contributed by atoms with Gasteiger partial charge in [-0.25, -0.2) is 0 Å². The van der Waals surface area contributed by atoms with Gasteiger partial charge in [0.2, 0.25) is 0 Å². The molecule has 0 aliphatic rings. The predicted octanol–water partition coefficient (Wildman–Crippen LogP) is 5.85. The van der Waals surface area contributed by atoms with Gasteiger partial charge in [-0.15, -0.1) is 0 Å². The quantitative estimate of drug-likeness (QED) is 0.205. The molecule has 0 aromatic carbocycles. The van der Waals surface area contributed by atoms with Crippen molar-refractivity contribution in [3.05, 3.63) is 0 Å². The topological polar surface area (TPSA) is 68.3 Å². The van der Waals surface area contributed by atoms with E-state index in [2.05, 4.69) is 0 Å². The van der Waals surface area contributed by atoms with Crippen molar-refractivity contribution in [3.8, 4) is 0 Å². The fourth-order valence-corrected chi connectivity index (χ4v) is 2.72. The summed E-state index contributed by atoms with van der Waals surface area (Å²) >= 11 is 0. The number of rotatable bonds is 11. The molecule has 0 aliphatic heterocycles. The summed E-state index contributed by atoms with van der Waals surface area (Å²) in [4.78, 5) is 0.